The number of carbonyl (C=O) groups excluding carboxylic acids is 1. The summed E-state index contributed by atoms with van der Waals surface area (Å²) in [6.07, 6.45) is 0.952. The molecule has 0 saturated heterocycles. The Morgan fingerprint density at radius 1 is 1.24 bits per heavy atom. The van der Waals surface area contributed by atoms with Crippen molar-refractivity contribution < 1.29 is 9.18 Å². The van der Waals surface area contributed by atoms with Crippen LogP contribution in [-0.2, 0) is 17.8 Å². The molecule has 1 N–H and O–H groups in total. The highest BCUT2D eigenvalue weighted by Crippen LogP contribution is 2.19. The largest absolute Gasteiger partial charge is 0.324 e. The van der Waals surface area contributed by atoms with Crippen molar-refractivity contribution in [3.05, 3.63) is 58.9 Å². The summed E-state index contributed by atoms with van der Waals surface area (Å²) < 4.78 is 13.1. The number of benzene rings is 2. The van der Waals surface area contributed by atoms with Gasteiger partial charge in [-0.1, -0.05) is 42.8 Å². The minimum absolute atomic E-state index is 0.0607. The molecule has 3 aromatic rings. The van der Waals surface area contributed by atoms with E-state index in [1.54, 1.807) is 0 Å². The Hall–Kier alpha value is -2.80. The minimum atomic E-state index is -0.545. The molecule has 128 valence electrons. The molecule has 1 heterocycles. The van der Waals surface area contributed by atoms with E-state index in [0.29, 0.717) is 11.5 Å². The molecule has 0 radical (unpaired) electrons. The number of halogens is 2. The minimum Gasteiger partial charge on any atom is -0.324 e. The first-order valence-electron chi connectivity index (χ1n) is 7.67. The third-order valence-corrected chi connectivity index (χ3v) is 3.85. The van der Waals surface area contributed by atoms with Gasteiger partial charge < -0.3 is 5.32 Å². The number of tetrazole rings is 1. The lowest BCUT2D eigenvalue weighted by Crippen LogP contribution is -2.20. The van der Waals surface area contributed by atoms with E-state index in [9.17, 15) is 9.18 Å². The van der Waals surface area contributed by atoms with Crippen LogP contribution in [0.3, 0.4) is 0 Å². The average Bonchev–Trinajstić information content (AvgIpc) is 3.06. The molecule has 0 bridgehead atoms. The number of rotatable bonds is 5. The van der Waals surface area contributed by atoms with Crippen LogP contribution < -0.4 is 5.32 Å². The Labute approximate surface area is 148 Å². The number of nitrogens with one attached hydrogen (secondary N) is 1. The Bertz CT molecular complexity index is 894. The monoisotopic (exact) mass is 359 g/mol. The molecule has 0 atom stereocenters. The quantitative estimate of drug-likeness (QED) is 0.758. The first kappa shape index (κ1) is 17.0. The first-order chi connectivity index (χ1) is 12.0. The lowest BCUT2D eigenvalue weighted by atomic mass is 10.1. The molecule has 0 aliphatic heterocycles. The number of carbonyl (C=O) groups is 1. The topological polar surface area (TPSA) is 72.7 Å². The summed E-state index contributed by atoms with van der Waals surface area (Å²) in [6.45, 7) is 1.96. The molecule has 1 amide bonds. The SMILES string of the molecule is CCc1ccc(-c2nnn(CC(=O)Nc3ccc(F)c(Cl)c3)n2)cc1. The van der Waals surface area contributed by atoms with E-state index in [1.165, 1.54) is 28.6 Å². The van der Waals surface area contributed by atoms with Crippen molar-refractivity contribution in [1.29, 1.82) is 0 Å². The van der Waals surface area contributed by atoms with Crippen molar-refractivity contribution in [2.45, 2.75) is 19.9 Å². The zero-order valence-corrected chi connectivity index (χ0v) is 14.2. The molecule has 3 rings (SSSR count). The Kier molecular flexibility index (Phi) is 5.04. The van der Waals surface area contributed by atoms with E-state index in [4.69, 9.17) is 11.6 Å². The molecule has 0 aliphatic rings. The van der Waals surface area contributed by atoms with Gasteiger partial charge in [0.15, 0.2) is 0 Å². The fourth-order valence-electron chi connectivity index (χ4n) is 2.22. The summed E-state index contributed by atoms with van der Waals surface area (Å²) >= 11 is 5.68. The normalized spacial score (nSPS) is 10.7. The van der Waals surface area contributed by atoms with Gasteiger partial charge in [0, 0.05) is 11.3 Å². The fourth-order valence-corrected chi connectivity index (χ4v) is 2.40. The summed E-state index contributed by atoms with van der Waals surface area (Å²) in [4.78, 5) is 13.2. The highest BCUT2D eigenvalue weighted by Gasteiger charge is 2.10. The second-order valence-corrected chi connectivity index (χ2v) is 5.78. The zero-order valence-electron chi connectivity index (χ0n) is 13.4. The standard InChI is InChI=1S/C17H15ClFN5O/c1-2-11-3-5-12(6-4-11)17-21-23-24(22-17)10-16(25)20-13-7-8-15(19)14(18)9-13/h3-9H,2,10H2,1H3,(H,20,25). The molecule has 0 unspecified atom stereocenters. The van der Waals surface area contributed by atoms with Crippen molar-refractivity contribution in [2.75, 3.05) is 5.32 Å². The number of nitrogens with zero attached hydrogens (tertiary/aromatic N) is 4. The van der Waals surface area contributed by atoms with Crippen molar-refractivity contribution in [3.63, 3.8) is 0 Å². The molecular weight excluding hydrogens is 345 g/mol. The Balaban J connectivity index is 1.65. The molecule has 2 aromatic carbocycles. The molecular formula is C17H15ClFN5O. The zero-order chi connectivity index (χ0) is 17.8. The van der Waals surface area contributed by atoms with E-state index in [0.717, 1.165) is 12.0 Å². The van der Waals surface area contributed by atoms with E-state index < -0.39 is 5.82 Å². The van der Waals surface area contributed by atoms with Gasteiger partial charge in [0.2, 0.25) is 11.7 Å². The maximum Gasteiger partial charge on any atom is 0.248 e. The van der Waals surface area contributed by atoms with Gasteiger partial charge in [0.1, 0.15) is 12.4 Å². The molecule has 25 heavy (non-hydrogen) atoms. The molecule has 0 saturated carbocycles. The van der Waals surface area contributed by atoms with Gasteiger partial charge in [0.05, 0.1) is 5.02 Å². The highest BCUT2D eigenvalue weighted by molar-refractivity contribution is 6.31. The van der Waals surface area contributed by atoms with E-state index in [-0.39, 0.29) is 17.5 Å². The van der Waals surface area contributed by atoms with E-state index in [1.807, 2.05) is 24.3 Å². The summed E-state index contributed by atoms with van der Waals surface area (Å²) in [5.74, 6) is -0.468. The fraction of sp³-hybridized carbons (Fsp3) is 0.176. The third kappa shape index (κ3) is 4.19. The first-order valence-corrected chi connectivity index (χ1v) is 8.05. The van der Waals surface area contributed by atoms with Crippen LogP contribution in [0.15, 0.2) is 42.5 Å². The van der Waals surface area contributed by atoms with Crippen molar-refractivity contribution in [1.82, 2.24) is 20.2 Å². The van der Waals surface area contributed by atoms with Gasteiger partial charge in [-0.3, -0.25) is 4.79 Å². The summed E-state index contributed by atoms with van der Waals surface area (Å²) in [5.41, 5.74) is 2.44. The Morgan fingerprint density at radius 3 is 2.68 bits per heavy atom. The summed E-state index contributed by atoms with van der Waals surface area (Å²) in [5, 5.41) is 14.6. The number of anilines is 1. The van der Waals surface area contributed by atoms with Crippen molar-refractivity contribution in [2.24, 2.45) is 0 Å². The van der Waals surface area contributed by atoms with Crippen molar-refractivity contribution in [3.8, 4) is 11.4 Å². The van der Waals surface area contributed by atoms with E-state index in [2.05, 4.69) is 27.7 Å². The van der Waals surface area contributed by atoms with Crippen LogP contribution in [0.5, 0.6) is 0 Å². The van der Waals surface area contributed by atoms with Crippen LogP contribution in [-0.4, -0.2) is 26.1 Å². The van der Waals surface area contributed by atoms with Gasteiger partial charge in [-0.25, -0.2) is 4.39 Å². The number of amides is 1. The number of aryl methyl sites for hydroxylation is 1. The predicted molar refractivity (Wildman–Crippen MR) is 92.7 cm³/mol. The highest BCUT2D eigenvalue weighted by atomic mass is 35.5. The number of hydrogen-bond acceptors (Lipinski definition) is 4. The van der Waals surface area contributed by atoms with Gasteiger partial charge in [-0.05, 0) is 35.4 Å². The van der Waals surface area contributed by atoms with Crippen LogP contribution in [0.1, 0.15) is 12.5 Å². The van der Waals surface area contributed by atoms with E-state index >= 15 is 0 Å². The lowest BCUT2D eigenvalue weighted by molar-refractivity contribution is -0.117. The van der Waals surface area contributed by atoms with Gasteiger partial charge >= 0.3 is 0 Å². The van der Waals surface area contributed by atoms with Crippen LogP contribution in [0.25, 0.3) is 11.4 Å². The maximum atomic E-state index is 13.1. The smallest absolute Gasteiger partial charge is 0.248 e. The lowest BCUT2D eigenvalue weighted by Gasteiger charge is -2.05. The van der Waals surface area contributed by atoms with Crippen LogP contribution in [0.4, 0.5) is 10.1 Å². The second kappa shape index (κ2) is 7.40. The van der Waals surface area contributed by atoms with Crippen LogP contribution >= 0.6 is 11.6 Å². The van der Waals surface area contributed by atoms with Gasteiger partial charge in [-0.2, -0.15) is 4.80 Å². The second-order valence-electron chi connectivity index (χ2n) is 5.37. The van der Waals surface area contributed by atoms with Gasteiger partial charge in [0.25, 0.3) is 0 Å². The Morgan fingerprint density at radius 2 is 2.00 bits per heavy atom. The predicted octanol–water partition coefficient (Wildman–Crippen LogP) is 3.33. The van der Waals surface area contributed by atoms with Crippen molar-refractivity contribution >= 4 is 23.2 Å². The maximum absolute atomic E-state index is 13.1. The average molecular weight is 360 g/mol. The molecule has 8 heteroatoms. The molecule has 0 spiro atoms. The molecule has 0 fully saturated rings. The molecule has 1 aromatic heterocycles. The third-order valence-electron chi connectivity index (χ3n) is 3.56. The summed E-state index contributed by atoms with van der Waals surface area (Å²) in [7, 11) is 0. The molecule has 6 nitrogen and oxygen atoms in total. The number of aromatic nitrogens is 4. The van der Waals surface area contributed by atoms with Crippen LogP contribution in [0, 0.1) is 5.82 Å². The summed E-state index contributed by atoms with van der Waals surface area (Å²) in [6, 6.07) is 11.8. The van der Waals surface area contributed by atoms with Gasteiger partial charge in [-0.15, -0.1) is 10.2 Å². The molecule has 0 aliphatic carbocycles. The number of hydrogen-bond donors (Lipinski definition) is 1. The van der Waals surface area contributed by atoms with Crippen LogP contribution in [0.2, 0.25) is 5.02 Å².